The first-order valence-electron chi connectivity index (χ1n) is 5.87. The highest BCUT2D eigenvalue weighted by Crippen LogP contribution is 2.10. The zero-order valence-electron chi connectivity index (χ0n) is 9.34. The van der Waals surface area contributed by atoms with Crippen LogP contribution in [0.15, 0.2) is 0 Å². The summed E-state index contributed by atoms with van der Waals surface area (Å²) in [6, 6.07) is 0.740. The number of nitrogens with one attached hydrogen (secondary N) is 1. The minimum atomic E-state index is 0.349. The third kappa shape index (κ3) is 4.40. The lowest BCUT2D eigenvalue weighted by atomic mass is 10.1. The molecular formula is C11H24N2O. The summed E-state index contributed by atoms with van der Waals surface area (Å²) in [5.74, 6) is 0. The van der Waals surface area contributed by atoms with Gasteiger partial charge in [-0.15, -0.1) is 0 Å². The van der Waals surface area contributed by atoms with Crippen LogP contribution in [0.5, 0.6) is 0 Å². The molecule has 0 saturated carbocycles. The van der Waals surface area contributed by atoms with E-state index in [2.05, 4.69) is 17.3 Å². The van der Waals surface area contributed by atoms with E-state index in [1.165, 1.54) is 45.3 Å². The predicted molar refractivity (Wildman–Crippen MR) is 59.5 cm³/mol. The molecule has 2 N–H and O–H groups in total. The van der Waals surface area contributed by atoms with Gasteiger partial charge in [0.05, 0.1) is 0 Å². The molecule has 1 rings (SSSR count). The van der Waals surface area contributed by atoms with Gasteiger partial charge in [-0.25, -0.2) is 0 Å². The second kappa shape index (κ2) is 7.21. The summed E-state index contributed by atoms with van der Waals surface area (Å²) in [7, 11) is 2.06. The van der Waals surface area contributed by atoms with E-state index in [0.29, 0.717) is 6.61 Å². The summed E-state index contributed by atoms with van der Waals surface area (Å²) < 4.78 is 0. The molecular weight excluding hydrogens is 176 g/mol. The molecule has 0 radical (unpaired) electrons. The first-order chi connectivity index (χ1) is 6.86. The number of likely N-dealkylation sites (tertiary alicyclic amines) is 1. The summed E-state index contributed by atoms with van der Waals surface area (Å²) in [5, 5.41) is 12.0. The van der Waals surface area contributed by atoms with Crippen LogP contribution in [-0.4, -0.2) is 49.3 Å². The Hall–Kier alpha value is -0.120. The highest BCUT2D eigenvalue weighted by atomic mass is 16.2. The van der Waals surface area contributed by atoms with Gasteiger partial charge in [0.25, 0.3) is 0 Å². The van der Waals surface area contributed by atoms with E-state index in [1.54, 1.807) is 0 Å². The number of hydrogen-bond acceptors (Lipinski definition) is 3. The number of nitrogens with zero attached hydrogens (tertiary/aromatic N) is 1. The van der Waals surface area contributed by atoms with Crippen LogP contribution in [-0.2, 0) is 0 Å². The first-order valence-corrected chi connectivity index (χ1v) is 5.87. The molecule has 0 aliphatic carbocycles. The summed E-state index contributed by atoms with van der Waals surface area (Å²) in [5.41, 5.74) is 0. The molecule has 0 aromatic heterocycles. The normalized spacial score (nSPS) is 20.1. The fraction of sp³-hybridized carbons (Fsp3) is 1.00. The number of aliphatic hydroxyl groups is 1. The van der Waals surface area contributed by atoms with Crippen LogP contribution in [0.1, 0.15) is 32.1 Å². The number of piperidine rings is 1. The molecule has 0 amide bonds. The fourth-order valence-corrected chi connectivity index (χ4v) is 2.07. The Labute approximate surface area is 87.5 Å². The van der Waals surface area contributed by atoms with Crippen molar-refractivity contribution >= 4 is 0 Å². The maximum Gasteiger partial charge on any atom is 0.0431 e. The minimum Gasteiger partial charge on any atom is -0.396 e. The van der Waals surface area contributed by atoms with E-state index >= 15 is 0 Å². The van der Waals surface area contributed by atoms with Gasteiger partial charge in [0.2, 0.25) is 0 Å². The van der Waals surface area contributed by atoms with Gasteiger partial charge in [0.1, 0.15) is 0 Å². The molecule has 3 heteroatoms. The summed E-state index contributed by atoms with van der Waals surface area (Å²) in [6.45, 7) is 4.05. The Bertz CT molecular complexity index is 133. The van der Waals surface area contributed by atoms with Gasteiger partial charge in [0.15, 0.2) is 0 Å². The molecule has 0 atom stereocenters. The Morgan fingerprint density at radius 2 is 1.93 bits per heavy atom. The van der Waals surface area contributed by atoms with E-state index in [-0.39, 0.29) is 0 Å². The van der Waals surface area contributed by atoms with E-state index in [9.17, 15) is 0 Å². The number of unbranched alkanes of at least 4 members (excludes halogenated alkanes) is 2. The average Bonchev–Trinajstić information content (AvgIpc) is 2.25. The van der Waals surface area contributed by atoms with Crippen LogP contribution >= 0.6 is 0 Å². The van der Waals surface area contributed by atoms with Crippen molar-refractivity contribution < 1.29 is 5.11 Å². The van der Waals surface area contributed by atoms with Crippen LogP contribution in [0.2, 0.25) is 0 Å². The predicted octanol–water partition coefficient (Wildman–Crippen LogP) is 0.833. The second-order valence-electron chi connectivity index (χ2n) is 4.19. The second-order valence-corrected chi connectivity index (χ2v) is 4.19. The third-order valence-electron chi connectivity index (χ3n) is 3.13. The van der Waals surface area contributed by atoms with Gasteiger partial charge < -0.3 is 15.3 Å². The van der Waals surface area contributed by atoms with Crippen LogP contribution in [0.4, 0.5) is 0 Å². The van der Waals surface area contributed by atoms with E-state index in [4.69, 9.17) is 5.11 Å². The highest BCUT2D eigenvalue weighted by molar-refractivity contribution is 4.75. The number of hydrogen-bond donors (Lipinski definition) is 2. The van der Waals surface area contributed by atoms with Gasteiger partial charge in [-0.2, -0.15) is 0 Å². The summed E-state index contributed by atoms with van der Waals surface area (Å²) in [4.78, 5) is 2.55. The fourth-order valence-electron chi connectivity index (χ4n) is 2.07. The maximum absolute atomic E-state index is 8.65. The monoisotopic (exact) mass is 200 g/mol. The summed E-state index contributed by atoms with van der Waals surface area (Å²) in [6.07, 6.45) is 5.95. The minimum absolute atomic E-state index is 0.349. The van der Waals surface area contributed by atoms with E-state index in [1.807, 2.05) is 0 Å². The molecule has 1 heterocycles. The largest absolute Gasteiger partial charge is 0.396 e. The highest BCUT2D eigenvalue weighted by Gasteiger charge is 2.16. The molecule has 14 heavy (non-hydrogen) atoms. The van der Waals surface area contributed by atoms with Gasteiger partial charge in [-0.05, 0) is 58.8 Å². The molecule has 1 fully saturated rings. The number of aliphatic hydroxyl groups excluding tert-OH is 1. The van der Waals surface area contributed by atoms with Crippen molar-refractivity contribution in [1.82, 2.24) is 10.2 Å². The van der Waals surface area contributed by atoms with Crippen molar-refractivity contribution in [3.63, 3.8) is 0 Å². The van der Waals surface area contributed by atoms with Crippen molar-refractivity contribution in [1.29, 1.82) is 0 Å². The molecule has 0 unspecified atom stereocenters. The Balaban J connectivity index is 1.98. The van der Waals surface area contributed by atoms with Crippen molar-refractivity contribution in [3.8, 4) is 0 Å². The Kier molecular flexibility index (Phi) is 6.15. The lowest BCUT2D eigenvalue weighted by molar-refractivity contribution is 0.195. The van der Waals surface area contributed by atoms with Crippen molar-refractivity contribution in [2.45, 2.75) is 38.1 Å². The lowest BCUT2D eigenvalue weighted by Gasteiger charge is -2.31. The molecule has 1 aliphatic rings. The molecule has 0 spiro atoms. The van der Waals surface area contributed by atoms with Crippen LogP contribution in [0.3, 0.4) is 0 Å². The summed E-state index contributed by atoms with van der Waals surface area (Å²) >= 11 is 0. The van der Waals surface area contributed by atoms with E-state index in [0.717, 1.165) is 12.5 Å². The molecule has 0 aromatic rings. The lowest BCUT2D eigenvalue weighted by Crippen LogP contribution is -2.41. The van der Waals surface area contributed by atoms with Crippen LogP contribution in [0.25, 0.3) is 0 Å². The molecule has 0 aromatic carbocycles. The molecule has 0 bridgehead atoms. The van der Waals surface area contributed by atoms with Crippen molar-refractivity contribution in [3.05, 3.63) is 0 Å². The molecule has 84 valence electrons. The van der Waals surface area contributed by atoms with Crippen molar-refractivity contribution in [2.24, 2.45) is 0 Å². The van der Waals surface area contributed by atoms with Gasteiger partial charge in [-0.3, -0.25) is 0 Å². The van der Waals surface area contributed by atoms with Gasteiger partial charge in [0, 0.05) is 12.6 Å². The van der Waals surface area contributed by atoms with Gasteiger partial charge >= 0.3 is 0 Å². The molecule has 1 saturated heterocycles. The molecule has 3 nitrogen and oxygen atoms in total. The van der Waals surface area contributed by atoms with E-state index < -0.39 is 0 Å². The van der Waals surface area contributed by atoms with Crippen molar-refractivity contribution in [2.75, 3.05) is 33.3 Å². The zero-order chi connectivity index (χ0) is 10.2. The zero-order valence-corrected chi connectivity index (χ0v) is 9.34. The third-order valence-corrected chi connectivity index (χ3v) is 3.13. The number of rotatable bonds is 6. The standard InChI is InChI=1S/C11H24N2O/c1-12-11-5-8-13(9-6-11)7-3-2-4-10-14/h11-12,14H,2-10H2,1H3. The quantitative estimate of drug-likeness (QED) is 0.624. The van der Waals surface area contributed by atoms with Gasteiger partial charge in [-0.1, -0.05) is 0 Å². The topological polar surface area (TPSA) is 35.5 Å². The average molecular weight is 200 g/mol. The smallest absolute Gasteiger partial charge is 0.0431 e. The molecule has 1 aliphatic heterocycles. The van der Waals surface area contributed by atoms with Crippen LogP contribution in [0, 0.1) is 0 Å². The maximum atomic E-state index is 8.65. The first kappa shape index (κ1) is 12.0. The Morgan fingerprint density at radius 1 is 1.21 bits per heavy atom. The SMILES string of the molecule is CNC1CCN(CCCCCO)CC1. The Morgan fingerprint density at radius 3 is 2.50 bits per heavy atom. The van der Waals surface area contributed by atoms with Crippen LogP contribution < -0.4 is 5.32 Å².